The Morgan fingerprint density at radius 1 is 1.07 bits per heavy atom. The number of nitrogens with zero attached hydrogens (tertiary/aromatic N) is 7. The lowest BCUT2D eigenvalue weighted by Crippen LogP contribution is -2.31. The lowest BCUT2D eigenvalue weighted by molar-refractivity contribution is 0.279. The molecule has 0 atom stereocenters. The van der Waals surface area contributed by atoms with Crippen LogP contribution in [0.4, 0.5) is 16.3 Å². The number of fused-ring (bicyclic) bond motifs is 1. The maximum atomic E-state index is 14.1. The van der Waals surface area contributed by atoms with Gasteiger partial charge in [0, 0.05) is 19.2 Å². The normalized spacial score (nSPS) is 17.8. The first kappa shape index (κ1) is 29.4. The Balaban J connectivity index is 1.63. The molecule has 0 aliphatic heterocycles. The van der Waals surface area contributed by atoms with Gasteiger partial charge in [0.1, 0.15) is 11.5 Å². The molecule has 0 spiro atoms. The van der Waals surface area contributed by atoms with Crippen LogP contribution in [0.15, 0.2) is 62.1 Å². The zero-order chi connectivity index (χ0) is 29.7. The first-order valence-electron chi connectivity index (χ1n) is 11.8. The van der Waals surface area contributed by atoms with Gasteiger partial charge in [0.15, 0.2) is 0 Å². The van der Waals surface area contributed by atoms with E-state index in [-0.39, 0.29) is 65.6 Å². The number of nitrogens with two attached hydrogens (primary N) is 1. The number of aromatic hydroxyl groups is 1. The van der Waals surface area contributed by atoms with Gasteiger partial charge in [-0.2, -0.15) is 43.0 Å². The minimum absolute atomic E-state index is 0.00529. The summed E-state index contributed by atoms with van der Waals surface area (Å²) in [4.78, 5) is 16.5. The number of nitrogens with one attached hydrogen (secondary N) is 1. The third-order valence-corrected chi connectivity index (χ3v) is 6.80. The van der Waals surface area contributed by atoms with Crippen LogP contribution < -0.4 is 10.8 Å². The van der Waals surface area contributed by atoms with Gasteiger partial charge in [-0.3, -0.25) is 5.41 Å². The first-order valence-corrected chi connectivity index (χ1v) is 13.2. The Morgan fingerprint density at radius 2 is 1.80 bits per heavy atom. The molecule has 0 bridgehead atoms. The number of aliphatic imine (C=N–C) groups is 1. The van der Waals surface area contributed by atoms with E-state index in [4.69, 9.17) is 11.3 Å². The molecule has 0 saturated carbocycles. The topological polar surface area (TPSA) is 233 Å². The number of phenolic OH excluding ortho intramolecular Hbond substituents is 1. The molecule has 0 saturated heterocycles. The number of phenols is 1. The second-order valence-corrected chi connectivity index (χ2v) is 10.0. The SMILES string of the molecule is CC1=CC(=Nc2nc(F)nc(N(CCO)CCO)n2)C=CC1=NN=C1C(=N)C=Cc2cc(S(=O)(=O)ON)cc(O)c21. The van der Waals surface area contributed by atoms with Gasteiger partial charge in [0.05, 0.1) is 40.8 Å². The third kappa shape index (κ3) is 6.61. The summed E-state index contributed by atoms with van der Waals surface area (Å²) in [5, 5.41) is 45.6. The fourth-order valence-electron chi connectivity index (χ4n) is 3.82. The maximum absolute atomic E-state index is 14.1. The van der Waals surface area contributed by atoms with Crippen LogP contribution in [-0.2, 0) is 14.4 Å². The highest BCUT2D eigenvalue weighted by Gasteiger charge is 2.25. The maximum Gasteiger partial charge on any atom is 0.315 e. The number of aliphatic hydroxyl groups is 2. The standard InChI is InChI=1S/C24H24FN9O6S/c1-13-10-15(28-23-29-22(25)30-24(31-23)34(6-8-35)7-9-36)3-5-18(13)32-33-21-17(26)4-2-14-11-16(41(38,39)40-27)12-19(37)20(14)21/h2-5,10-12,26,35-37H,6-9,27H2,1H3. The van der Waals surface area contributed by atoms with Crippen molar-refractivity contribution in [2.24, 2.45) is 21.1 Å². The van der Waals surface area contributed by atoms with Gasteiger partial charge >= 0.3 is 16.2 Å². The Kier molecular flexibility index (Phi) is 8.84. The molecule has 17 heteroatoms. The van der Waals surface area contributed by atoms with E-state index < -0.39 is 21.9 Å². The van der Waals surface area contributed by atoms with Crippen molar-refractivity contribution < 1.29 is 32.4 Å². The molecule has 15 nitrogen and oxygen atoms in total. The summed E-state index contributed by atoms with van der Waals surface area (Å²) in [7, 11) is -4.29. The molecule has 0 fully saturated rings. The van der Waals surface area contributed by atoms with Gasteiger partial charge in [0.2, 0.25) is 5.95 Å². The fraction of sp³-hybridized carbons (Fsp3) is 0.208. The highest BCUT2D eigenvalue weighted by molar-refractivity contribution is 7.86. The molecule has 1 heterocycles. The van der Waals surface area contributed by atoms with Crippen LogP contribution in [0.3, 0.4) is 0 Å². The van der Waals surface area contributed by atoms with Gasteiger partial charge in [-0.15, -0.1) is 5.10 Å². The molecule has 4 rings (SSSR count). The van der Waals surface area contributed by atoms with Gasteiger partial charge in [0.25, 0.3) is 5.95 Å². The highest BCUT2D eigenvalue weighted by atomic mass is 32.2. The van der Waals surface area contributed by atoms with E-state index in [1.807, 2.05) is 0 Å². The number of allylic oxidation sites excluding steroid dienone is 5. The number of aliphatic hydroxyl groups excluding tert-OH is 2. The summed E-state index contributed by atoms with van der Waals surface area (Å²) in [5.41, 5.74) is 1.62. The van der Waals surface area contributed by atoms with Crippen LogP contribution in [0.1, 0.15) is 18.1 Å². The van der Waals surface area contributed by atoms with Gasteiger partial charge in [-0.25, -0.2) is 4.99 Å². The van der Waals surface area contributed by atoms with Crippen molar-refractivity contribution in [3.8, 4) is 5.75 Å². The molecule has 214 valence electrons. The van der Waals surface area contributed by atoms with Crippen molar-refractivity contribution in [2.75, 3.05) is 31.2 Å². The monoisotopic (exact) mass is 585 g/mol. The largest absolute Gasteiger partial charge is 0.507 e. The van der Waals surface area contributed by atoms with E-state index in [0.29, 0.717) is 17.0 Å². The number of hydrogen-bond donors (Lipinski definition) is 5. The zero-order valence-electron chi connectivity index (χ0n) is 21.4. The molecule has 0 unspecified atom stereocenters. The summed E-state index contributed by atoms with van der Waals surface area (Å²) < 4.78 is 42.0. The molecule has 1 aromatic carbocycles. The fourth-order valence-corrected chi connectivity index (χ4v) is 4.46. The molecular formula is C24H24FN9O6S. The van der Waals surface area contributed by atoms with Crippen molar-refractivity contribution in [2.45, 2.75) is 11.8 Å². The number of halogens is 1. The number of aromatic nitrogens is 3. The minimum atomic E-state index is -4.29. The minimum Gasteiger partial charge on any atom is -0.507 e. The molecule has 0 radical (unpaired) electrons. The van der Waals surface area contributed by atoms with Gasteiger partial charge < -0.3 is 20.2 Å². The predicted octanol–water partition coefficient (Wildman–Crippen LogP) is 0.567. The van der Waals surface area contributed by atoms with Gasteiger partial charge in [-0.05, 0) is 48.4 Å². The summed E-state index contributed by atoms with van der Waals surface area (Å²) in [6.45, 7) is 1.32. The number of rotatable bonds is 9. The lowest BCUT2D eigenvalue weighted by atomic mass is 9.93. The van der Waals surface area contributed by atoms with Crippen LogP contribution in [0, 0.1) is 11.5 Å². The van der Waals surface area contributed by atoms with Crippen LogP contribution in [0.25, 0.3) is 6.08 Å². The quantitative estimate of drug-likeness (QED) is 0.201. The summed E-state index contributed by atoms with van der Waals surface area (Å²) in [6.07, 6.45) is 6.46. The molecule has 2 aliphatic rings. The molecule has 2 aliphatic carbocycles. The summed E-state index contributed by atoms with van der Waals surface area (Å²) >= 11 is 0. The number of hydrogen-bond acceptors (Lipinski definition) is 15. The van der Waals surface area contributed by atoms with Crippen LogP contribution in [-0.4, -0.2) is 87.8 Å². The highest BCUT2D eigenvalue weighted by Crippen LogP contribution is 2.31. The first-order chi connectivity index (χ1) is 19.6. The molecule has 41 heavy (non-hydrogen) atoms. The van der Waals surface area contributed by atoms with Crippen LogP contribution >= 0.6 is 0 Å². The Hall–Kier alpha value is -4.55. The Labute approximate surface area is 232 Å². The van der Waals surface area contributed by atoms with Gasteiger partial charge in [-0.1, -0.05) is 6.08 Å². The van der Waals surface area contributed by atoms with Crippen molar-refractivity contribution >= 4 is 50.9 Å². The summed E-state index contributed by atoms with van der Waals surface area (Å²) in [6, 6.07) is 2.16. The van der Waals surface area contributed by atoms with E-state index in [1.165, 1.54) is 23.1 Å². The number of benzene rings is 1. The lowest BCUT2D eigenvalue weighted by Gasteiger charge is -2.20. The predicted molar refractivity (Wildman–Crippen MR) is 147 cm³/mol. The Bertz CT molecular complexity index is 1680. The Morgan fingerprint density at radius 3 is 2.46 bits per heavy atom. The van der Waals surface area contributed by atoms with Crippen LogP contribution in [0.2, 0.25) is 0 Å². The van der Waals surface area contributed by atoms with E-state index in [9.17, 15) is 28.1 Å². The average Bonchev–Trinajstić information content (AvgIpc) is 2.93. The van der Waals surface area contributed by atoms with Crippen molar-refractivity contribution in [1.29, 1.82) is 5.41 Å². The smallest absolute Gasteiger partial charge is 0.315 e. The second-order valence-electron chi connectivity index (χ2n) is 8.47. The molecule has 1 aromatic heterocycles. The van der Waals surface area contributed by atoms with Crippen molar-refractivity contribution in [1.82, 2.24) is 15.0 Å². The van der Waals surface area contributed by atoms with E-state index in [1.54, 1.807) is 25.2 Å². The third-order valence-electron chi connectivity index (χ3n) is 5.73. The van der Waals surface area contributed by atoms with E-state index in [0.717, 1.165) is 6.07 Å². The summed E-state index contributed by atoms with van der Waals surface area (Å²) in [5.74, 6) is 4.04. The van der Waals surface area contributed by atoms with Crippen molar-refractivity contribution in [3.05, 3.63) is 59.2 Å². The molecular weight excluding hydrogens is 561 g/mol. The van der Waals surface area contributed by atoms with Crippen molar-refractivity contribution in [3.63, 3.8) is 0 Å². The van der Waals surface area contributed by atoms with Crippen LogP contribution in [0.5, 0.6) is 5.75 Å². The average molecular weight is 586 g/mol. The van der Waals surface area contributed by atoms with E-state index in [2.05, 4.69) is 34.4 Å². The molecule has 0 amide bonds. The molecule has 6 N–H and O–H groups in total. The zero-order valence-corrected chi connectivity index (χ0v) is 22.2. The second kappa shape index (κ2) is 12.3. The van der Waals surface area contributed by atoms with E-state index >= 15 is 0 Å². The molecule has 2 aromatic rings. The number of anilines is 1.